The first-order valence-corrected chi connectivity index (χ1v) is 3.40. The summed E-state index contributed by atoms with van der Waals surface area (Å²) in [6.45, 7) is 2.11. The lowest BCUT2D eigenvalue weighted by Gasteiger charge is -1.98. The molecule has 2 N–H and O–H groups in total. The minimum absolute atomic E-state index is 0.560. The van der Waals surface area contributed by atoms with Gasteiger partial charge in [0.25, 0.3) is 0 Å². The second-order valence-electron chi connectivity index (χ2n) is 2.19. The van der Waals surface area contributed by atoms with Crippen LogP contribution in [0.3, 0.4) is 0 Å². The lowest BCUT2D eigenvalue weighted by molar-refractivity contribution is 0.899. The molecule has 10 heavy (non-hydrogen) atoms. The van der Waals surface area contributed by atoms with Crippen molar-refractivity contribution in [1.29, 1.82) is 0 Å². The van der Waals surface area contributed by atoms with E-state index in [1.165, 1.54) is 0 Å². The molecule has 1 rings (SSSR count). The first kappa shape index (κ1) is 6.99. The predicted molar refractivity (Wildman–Crippen MR) is 40.4 cm³/mol. The number of rotatable bonds is 2. The van der Waals surface area contributed by atoms with Crippen LogP contribution in [0.1, 0.15) is 18.9 Å². The van der Waals surface area contributed by atoms with Crippen LogP contribution in [0.15, 0.2) is 12.3 Å². The topological polar surface area (TPSA) is 51.8 Å². The van der Waals surface area contributed by atoms with Gasteiger partial charge in [0.1, 0.15) is 5.82 Å². The van der Waals surface area contributed by atoms with Crippen LogP contribution in [-0.4, -0.2) is 10.2 Å². The average molecular weight is 137 g/mol. The van der Waals surface area contributed by atoms with Gasteiger partial charge in [-0.3, -0.25) is 0 Å². The summed E-state index contributed by atoms with van der Waals surface area (Å²) in [7, 11) is 0. The van der Waals surface area contributed by atoms with Crippen LogP contribution in [0, 0.1) is 0 Å². The van der Waals surface area contributed by atoms with Crippen molar-refractivity contribution in [2.75, 3.05) is 5.73 Å². The Morgan fingerprint density at radius 1 is 1.60 bits per heavy atom. The van der Waals surface area contributed by atoms with Crippen molar-refractivity contribution in [3.8, 4) is 0 Å². The molecule has 1 aromatic heterocycles. The second-order valence-corrected chi connectivity index (χ2v) is 2.19. The summed E-state index contributed by atoms with van der Waals surface area (Å²) in [5.74, 6) is 0.560. The quantitative estimate of drug-likeness (QED) is 0.661. The van der Waals surface area contributed by atoms with Crippen molar-refractivity contribution in [2.45, 2.75) is 19.8 Å². The SMILES string of the molecule is CCCc1ccnnc1N. The second kappa shape index (κ2) is 3.15. The van der Waals surface area contributed by atoms with Gasteiger partial charge in [-0.1, -0.05) is 13.3 Å². The van der Waals surface area contributed by atoms with Crippen molar-refractivity contribution in [3.63, 3.8) is 0 Å². The number of aromatic nitrogens is 2. The molecule has 0 aliphatic rings. The van der Waals surface area contributed by atoms with Gasteiger partial charge in [-0.25, -0.2) is 0 Å². The Morgan fingerprint density at radius 3 is 3.00 bits per heavy atom. The van der Waals surface area contributed by atoms with Gasteiger partial charge in [0, 0.05) is 0 Å². The first-order valence-electron chi connectivity index (χ1n) is 3.40. The van der Waals surface area contributed by atoms with E-state index in [4.69, 9.17) is 5.73 Å². The zero-order valence-electron chi connectivity index (χ0n) is 6.04. The van der Waals surface area contributed by atoms with Crippen LogP contribution in [0.4, 0.5) is 5.82 Å². The van der Waals surface area contributed by atoms with Gasteiger partial charge >= 0.3 is 0 Å². The number of hydrogen-bond acceptors (Lipinski definition) is 3. The van der Waals surface area contributed by atoms with Crippen molar-refractivity contribution in [3.05, 3.63) is 17.8 Å². The average Bonchev–Trinajstić information content (AvgIpc) is 1.94. The molecular weight excluding hydrogens is 126 g/mol. The molecule has 0 saturated carbocycles. The van der Waals surface area contributed by atoms with Crippen LogP contribution in [-0.2, 0) is 6.42 Å². The van der Waals surface area contributed by atoms with Crippen LogP contribution in [0.25, 0.3) is 0 Å². The Balaban J connectivity index is 2.81. The molecule has 0 saturated heterocycles. The van der Waals surface area contributed by atoms with E-state index < -0.39 is 0 Å². The molecule has 0 spiro atoms. The van der Waals surface area contributed by atoms with Crippen molar-refractivity contribution >= 4 is 5.82 Å². The van der Waals surface area contributed by atoms with Gasteiger partial charge in [0.15, 0.2) is 0 Å². The third-order valence-corrected chi connectivity index (χ3v) is 1.36. The summed E-state index contributed by atoms with van der Waals surface area (Å²) >= 11 is 0. The Kier molecular flexibility index (Phi) is 2.20. The van der Waals surface area contributed by atoms with Crippen LogP contribution in [0.5, 0.6) is 0 Å². The van der Waals surface area contributed by atoms with E-state index in [0.29, 0.717) is 5.82 Å². The smallest absolute Gasteiger partial charge is 0.149 e. The van der Waals surface area contributed by atoms with E-state index in [9.17, 15) is 0 Å². The van der Waals surface area contributed by atoms with Gasteiger partial charge in [0.2, 0.25) is 0 Å². The summed E-state index contributed by atoms with van der Waals surface area (Å²) in [5.41, 5.74) is 6.63. The Bertz CT molecular complexity index is 210. The Morgan fingerprint density at radius 2 is 2.40 bits per heavy atom. The molecule has 0 aliphatic carbocycles. The largest absolute Gasteiger partial charge is 0.382 e. The molecule has 0 fully saturated rings. The maximum absolute atomic E-state index is 5.53. The fourth-order valence-electron chi connectivity index (χ4n) is 0.849. The molecule has 3 nitrogen and oxygen atoms in total. The normalized spacial score (nSPS) is 9.70. The number of nitrogen functional groups attached to an aromatic ring is 1. The fraction of sp³-hybridized carbons (Fsp3) is 0.429. The molecule has 1 aromatic rings. The van der Waals surface area contributed by atoms with Crippen LogP contribution >= 0.6 is 0 Å². The van der Waals surface area contributed by atoms with E-state index in [1.54, 1.807) is 6.20 Å². The van der Waals surface area contributed by atoms with E-state index in [-0.39, 0.29) is 0 Å². The predicted octanol–water partition coefficient (Wildman–Crippen LogP) is 1.01. The molecular formula is C7H11N3. The molecule has 0 amide bonds. The van der Waals surface area contributed by atoms with Gasteiger partial charge in [-0.15, -0.1) is 5.10 Å². The molecule has 0 unspecified atom stereocenters. The third kappa shape index (κ3) is 1.43. The van der Waals surface area contributed by atoms with Crippen molar-refractivity contribution in [2.24, 2.45) is 0 Å². The Hall–Kier alpha value is -1.12. The highest BCUT2D eigenvalue weighted by molar-refractivity contribution is 5.36. The third-order valence-electron chi connectivity index (χ3n) is 1.36. The van der Waals surface area contributed by atoms with Crippen LogP contribution < -0.4 is 5.73 Å². The number of aryl methyl sites for hydroxylation is 1. The maximum Gasteiger partial charge on any atom is 0.149 e. The minimum atomic E-state index is 0.560. The highest BCUT2D eigenvalue weighted by atomic mass is 15.1. The van der Waals surface area contributed by atoms with Gasteiger partial charge in [-0.2, -0.15) is 5.10 Å². The zero-order chi connectivity index (χ0) is 7.40. The van der Waals surface area contributed by atoms with Gasteiger partial charge < -0.3 is 5.73 Å². The number of nitrogens with two attached hydrogens (primary N) is 1. The summed E-state index contributed by atoms with van der Waals surface area (Å²) in [4.78, 5) is 0. The monoisotopic (exact) mass is 137 g/mol. The summed E-state index contributed by atoms with van der Waals surface area (Å²) in [6, 6.07) is 1.91. The molecule has 0 radical (unpaired) electrons. The van der Waals surface area contributed by atoms with E-state index in [0.717, 1.165) is 18.4 Å². The lowest BCUT2D eigenvalue weighted by atomic mass is 10.2. The van der Waals surface area contributed by atoms with Gasteiger partial charge in [-0.05, 0) is 18.1 Å². The summed E-state index contributed by atoms with van der Waals surface area (Å²) < 4.78 is 0. The van der Waals surface area contributed by atoms with E-state index in [1.807, 2.05) is 6.07 Å². The Labute approximate surface area is 60.3 Å². The number of nitrogens with zero attached hydrogens (tertiary/aromatic N) is 2. The number of hydrogen-bond donors (Lipinski definition) is 1. The fourth-order valence-corrected chi connectivity index (χ4v) is 0.849. The van der Waals surface area contributed by atoms with Crippen molar-refractivity contribution < 1.29 is 0 Å². The van der Waals surface area contributed by atoms with E-state index >= 15 is 0 Å². The standard InChI is InChI=1S/C7H11N3/c1-2-3-6-4-5-9-10-7(6)8/h4-5H,2-3H2,1H3,(H2,8,10). The highest BCUT2D eigenvalue weighted by Crippen LogP contribution is 2.07. The van der Waals surface area contributed by atoms with Crippen LogP contribution in [0.2, 0.25) is 0 Å². The van der Waals surface area contributed by atoms with Crippen molar-refractivity contribution in [1.82, 2.24) is 10.2 Å². The molecule has 1 heterocycles. The van der Waals surface area contributed by atoms with Gasteiger partial charge in [0.05, 0.1) is 6.20 Å². The first-order chi connectivity index (χ1) is 4.84. The molecule has 0 aromatic carbocycles. The molecule has 54 valence electrons. The molecule has 0 bridgehead atoms. The number of anilines is 1. The summed E-state index contributed by atoms with van der Waals surface area (Å²) in [5, 5.41) is 7.38. The lowest BCUT2D eigenvalue weighted by Crippen LogP contribution is -1.98. The summed E-state index contributed by atoms with van der Waals surface area (Å²) in [6.07, 6.45) is 3.75. The maximum atomic E-state index is 5.53. The van der Waals surface area contributed by atoms with E-state index in [2.05, 4.69) is 17.1 Å². The molecule has 3 heteroatoms. The highest BCUT2D eigenvalue weighted by Gasteiger charge is 1.95. The molecule has 0 atom stereocenters. The minimum Gasteiger partial charge on any atom is -0.382 e. The molecule has 0 aliphatic heterocycles. The zero-order valence-corrected chi connectivity index (χ0v) is 6.04.